The Kier molecular flexibility index (Phi) is 4.72. The van der Waals surface area contributed by atoms with Crippen molar-refractivity contribution in [1.29, 1.82) is 0 Å². The third-order valence-electron chi connectivity index (χ3n) is 5.54. The molecule has 3 atom stereocenters. The molecule has 1 aliphatic heterocycles. The van der Waals surface area contributed by atoms with Crippen LogP contribution in [-0.2, 0) is 16.1 Å². The van der Waals surface area contributed by atoms with E-state index in [-0.39, 0.29) is 35.1 Å². The van der Waals surface area contributed by atoms with E-state index in [4.69, 9.17) is 0 Å². The first-order chi connectivity index (χ1) is 11.8. The SMILES string of the molecule is CC(C)=CC1C(C(=O)NC2CCN(Cc3ccccc3)C2=O)C1(C)C. The summed E-state index contributed by atoms with van der Waals surface area (Å²) in [5.41, 5.74) is 2.33. The summed E-state index contributed by atoms with van der Waals surface area (Å²) in [5, 5.41) is 3.01. The lowest BCUT2D eigenvalue weighted by Gasteiger charge is -2.17. The first kappa shape index (κ1) is 17.7. The van der Waals surface area contributed by atoms with Gasteiger partial charge in [-0.25, -0.2) is 0 Å². The van der Waals surface area contributed by atoms with Crippen LogP contribution < -0.4 is 5.32 Å². The van der Waals surface area contributed by atoms with Crippen molar-refractivity contribution in [2.45, 2.75) is 46.7 Å². The summed E-state index contributed by atoms with van der Waals surface area (Å²) in [6, 6.07) is 9.60. The van der Waals surface area contributed by atoms with Crippen molar-refractivity contribution in [2.24, 2.45) is 17.3 Å². The summed E-state index contributed by atoms with van der Waals surface area (Å²) < 4.78 is 0. The molecular weight excluding hydrogens is 312 g/mol. The third-order valence-corrected chi connectivity index (χ3v) is 5.54. The maximum Gasteiger partial charge on any atom is 0.245 e. The Hall–Kier alpha value is -2.10. The Morgan fingerprint density at radius 1 is 1.28 bits per heavy atom. The number of carbonyl (C=O) groups excluding carboxylic acids is 2. The second-order valence-electron chi connectivity index (χ2n) is 8.16. The molecule has 0 bridgehead atoms. The first-order valence-electron chi connectivity index (χ1n) is 9.09. The molecule has 1 saturated heterocycles. The topological polar surface area (TPSA) is 49.4 Å². The molecule has 2 aliphatic rings. The Morgan fingerprint density at radius 3 is 2.60 bits per heavy atom. The summed E-state index contributed by atoms with van der Waals surface area (Å²) in [4.78, 5) is 27.1. The van der Waals surface area contributed by atoms with Crippen LogP contribution in [0.15, 0.2) is 42.0 Å². The summed E-state index contributed by atoms with van der Waals surface area (Å²) in [5.74, 6) is 0.301. The molecule has 0 aromatic heterocycles. The number of benzene rings is 1. The second kappa shape index (κ2) is 6.66. The minimum atomic E-state index is -0.375. The van der Waals surface area contributed by atoms with Crippen LogP contribution in [-0.4, -0.2) is 29.3 Å². The average Bonchev–Trinajstić information content (AvgIpc) is 2.92. The number of carbonyl (C=O) groups is 2. The van der Waals surface area contributed by atoms with Gasteiger partial charge in [0.2, 0.25) is 11.8 Å². The van der Waals surface area contributed by atoms with Gasteiger partial charge in [0, 0.05) is 13.1 Å². The Labute approximate surface area is 150 Å². The van der Waals surface area contributed by atoms with Gasteiger partial charge < -0.3 is 10.2 Å². The molecule has 1 N–H and O–H groups in total. The summed E-state index contributed by atoms with van der Waals surface area (Å²) in [7, 11) is 0. The molecule has 1 heterocycles. The number of nitrogens with zero attached hydrogens (tertiary/aromatic N) is 1. The van der Waals surface area contributed by atoms with Crippen LogP contribution >= 0.6 is 0 Å². The van der Waals surface area contributed by atoms with Crippen molar-refractivity contribution >= 4 is 11.8 Å². The fourth-order valence-corrected chi connectivity index (χ4v) is 3.94. The molecule has 3 rings (SSSR count). The standard InChI is InChI=1S/C21H28N2O2/c1-14(2)12-16-18(21(16,3)4)19(24)22-17-10-11-23(20(17)25)13-15-8-6-5-7-9-15/h5-9,12,16-18H,10-11,13H2,1-4H3,(H,22,24). The zero-order valence-corrected chi connectivity index (χ0v) is 15.6. The zero-order chi connectivity index (χ0) is 18.2. The molecule has 0 spiro atoms. The van der Waals surface area contributed by atoms with Crippen LogP contribution in [0, 0.1) is 17.3 Å². The number of hydrogen-bond donors (Lipinski definition) is 1. The van der Waals surface area contributed by atoms with Gasteiger partial charge in [0.05, 0.1) is 5.92 Å². The van der Waals surface area contributed by atoms with Gasteiger partial charge in [-0.2, -0.15) is 0 Å². The maximum atomic E-state index is 12.7. The number of hydrogen-bond acceptors (Lipinski definition) is 2. The quantitative estimate of drug-likeness (QED) is 0.837. The summed E-state index contributed by atoms with van der Waals surface area (Å²) >= 11 is 0. The molecule has 1 saturated carbocycles. The third kappa shape index (κ3) is 3.63. The fraction of sp³-hybridized carbons (Fsp3) is 0.524. The van der Waals surface area contributed by atoms with Gasteiger partial charge in [-0.3, -0.25) is 9.59 Å². The Balaban J connectivity index is 1.58. The lowest BCUT2D eigenvalue weighted by molar-refractivity contribution is -0.133. The summed E-state index contributed by atoms with van der Waals surface area (Å²) in [6.45, 7) is 9.68. The van der Waals surface area contributed by atoms with Gasteiger partial charge in [0.25, 0.3) is 0 Å². The highest BCUT2D eigenvalue weighted by atomic mass is 16.2. The zero-order valence-electron chi connectivity index (χ0n) is 15.6. The van der Waals surface area contributed by atoms with Crippen molar-refractivity contribution < 1.29 is 9.59 Å². The van der Waals surface area contributed by atoms with Crippen LogP contribution in [0.3, 0.4) is 0 Å². The molecule has 2 amide bonds. The van der Waals surface area contributed by atoms with E-state index in [0.717, 1.165) is 5.56 Å². The predicted molar refractivity (Wildman–Crippen MR) is 98.6 cm³/mol. The predicted octanol–water partition coefficient (Wildman–Crippen LogP) is 3.14. The highest BCUT2D eigenvalue weighted by Crippen LogP contribution is 2.59. The molecule has 25 heavy (non-hydrogen) atoms. The van der Waals surface area contributed by atoms with E-state index in [1.54, 1.807) is 0 Å². The fourth-order valence-electron chi connectivity index (χ4n) is 3.94. The number of amides is 2. The second-order valence-corrected chi connectivity index (χ2v) is 8.16. The lowest BCUT2D eigenvalue weighted by Crippen LogP contribution is -2.42. The normalized spacial score (nSPS) is 27.1. The molecule has 1 aromatic carbocycles. The van der Waals surface area contributed by atoms with Crippen molar-refractivity contribution in [3.05, 3.63) is 47.5 Å². The van der Waals surface area contributed by atoms with E-state index in [0.29, 0.717) is 19.5 Å². The van der Waals surface area contributed by atoms with E-state index in [2.05, 4.69) is 39.1 Å². The molecule has 4 heteroatoms. The molecule has 1 aromatic rings. The smallest absolute Gasteiger partial charge is 0.245 e. The van der Waals surface area contributed by atoms with Gasteiger partial charge in [-0.05, 0) is 37.2 Å². The number of nitrogens with one attached hydrogen (secondary N) is 1. The molecule has 1 aliphatic carbocycles. The first-order valence-corrected chi connectivity index (χ1v) is 9.09. The van der Waals surface area contributed by atoms with E-state index >= 15 is 0 Å². The van der Waals surface area contributed by atoms with Crippen LogP contribution in [0.2, 0.25) is 0 Å². The summed E-state index contributed by atoms with van der Waals surface area (Å²) in [6.07, 6.45) is 2.88. The maximum absolute atomic E-state index is 12.7. The number of rotatable bonds is 5. The number of allylic oxidation sites excluding steroid dienone is 2. The van der Waals surface area contributed by atoms with Crippen molar-refractivity contribution in [3.63, 3.8) is 0 Å². The number of likely N-dealkylation sites (tertiary alicyclic amines) is 1. The van der Waals surface area contributed by atoms with Crippen LogP contribution in [0.1, 0.15) is 39.7 Å². The monoisotopic (exact) mass is 340 g/mol. The van der Waals surface area contributed by atoms with Gasteiger partial charge in [0.15, 0.2) is 0 Å². The molecule has 0 radical (unpaired) electrons. The van der Waals surface area contributed by atoms with Gasteiger partial charge in [-0.1, -0.05) is 55.8 Å². The molecule has 3 unspecified atom stereocenters. The average molecular weight is 340 g/mol. The molecule has 4 nitrogen and oxygen atoms in total. The van der Waals surface area contributed by atoms with E-state index in [1.165, 1.54) is 5.57 Å². The Morgan fingerprint density at radius 2 is 1.96 bits per heavy atom. The van der Waals surface area contributed by atoms with Gasteiger partial charge in [0.1, 0.15) is 6.04 Å². The van der Waals surface area contributed by atoms with Crippen molar-refractivity contribution in [1.82, 2.24) is 10.2 Å². The van der Waals surface area contributed by atoms with E-state index in [9.17, 15) is 9.59 Å². The molecule has 2 fully saturated rings. The van der Waals surface area contributed by atoms with Crippen molar-refractivity contribution in [3.8, 4) is 0 Å². The van der Waals surface area contributed by atoms with Crippen LogP contribution in [0.4, 0.5) is 0 Å². The van der Waals surface area contributed by atoms with Gasteiger partial charge >= 0.3 is 0 Å². The molecular formula is C21H28N2O2. The lowest BCUT2D eigenvalue weighted by atomic mass is 10.1. The highest BCUT2D eigenvalue weighted by Gasteiger charge is 2.60. The largest absolute Gasteiger partial charge is 0.344 e. The van der Waals surface area contributed by atoms with Gasteiger partial charge in [-0.15, -0.1) is 0 Å². The van der Waals surface area contributed by atoms with E-state index in [1.807, 2.05) is 35.2 Å². The minimum Gasteiger partial charge on any atom is -0.344 e. The highest BCUT2D eigenvalue weighted by molar-refractivity contribution is 5.91. The Bertz CT molecular complexity index is 689. The van der Waals surface area contributed by atoms with Crippen LogP contribution in [0.5, 0.6) is 0 Å². The van der Waals surface area contributed by atoms with Crippen LogP contribution in [0.25, 0.3) is 0 Å². The molecule has 134 valence electrons. The van der Waals surface area contributed by atoms with Crippen molar-refractivity contribution in [2.75, 3.05) is 6.54 Å². The van der Waals surface area contributed by atoms with E-state index < -0.39 is 0 Å². The minimum absolute atomic E-state index is 0.0208.